The molecule has 0 saturated heterocycles. The molecule has 4 heteroatoms. The summed E-state index contributed by atoms with van der Waals surface area (Å²) < 4.78 is 16.1. The lowest BCUT2D eigenvalue weighted by Crippen LogP contribution is -2.20. The maximum Gasteiger partial charge on any atom is 0.519 e. The van der Waals surface area contributed by atoms with Crippen LogP contribution in [0.4, 0.5) is 4.79 Å². The maximum atomic E-state index is 12.2. The molecule has 3 aromatic carbocycles. The van der Waals surface area contributed by atoms with E-state index in [2.05, 4.69) is 26.0 Å². The molecule has 3 rings (SSSR count). The summed E-state index contributed by atoms with van der Waals surface area (Å²) in [6.07, 6.45) is -0.750. The number of aryl methyl sites for hydroxylation is 3. The summed E-state index contributed by atoms with van der Waals surface area (Å²) in [5, 5.41) is 0. The van der Waals surface area contributed by atoms with Gasteiger partial charge in [-0.25, -0.2) is 4.79 Å². The number of carbonyl (C=O) groups excluding carboxylic acids is 1. The Labute approximate surface area is 178 Å². The van der Waals surface area contributed by atoms with Crippen molar-refractivity contribution in [3.05, 3.63) is 88.5 Å². The van der Waals surface area contributed by atoms with Crippen molar-refractivity contribution in [1.82, 2.24) is 0 Å². The second kappa shape index (κ2) is 8.62. The van der Waals surface area contributed by atoms with Crippen LogP contribution in [-0.4, -0.2) is 13.3 Å². The molecular weight excluding hydrogens is 376 g/mol. The summed E-state index contributed by atoms with van der Waals surface area (Å²) in [7, 11) is 1.68. The Bertz CT molecular complexity index is 1050. The normalized spacial score (nSPS) is 11.1. The monoisotopic (exact) mass is 404 g/mol. The minimum Gasteiger partial charge on any atom is -0.496 e. The van der Waals surface area contributed by atoms with Gasteiger partial charge in [0.25, 0.3) is 0 Å². The van der Waals surface area contributed by atoms with Gasteiger partial charge in [-0.1, -0.05) is 55.8 Å². The quantitative estimate of drug-likeness (QED) is 0.358. The van der Waals surface area contributed by atoms with Crippen molar-refractivity contribution in [2.45, 2.75) is 40.0 Å². The Hall–Kier alpha value is -3.27. The fraction of sp³-hybridized carbons (Fsp3) is 0.269. The molecule has 0 aliphatic heterocycles. The summed E-state index contributed by atoms with van der Waals surface area (Å²) in [6.45, 7) is 10.3. The van der Waals surface area contributed by atoms with Gasteiger partial charge in [0, 0.05) is 5.41 Å². The van der Waals surface area contributed by atoms with Gasteiger partial charge in [-0.2, -0.15) is 0 Å². The van der Waals surface area contributed by atoms with Crippen LogP contribution in [0.5, 0.6) is 17.2 Å². The van der Waals surface area contributed by atoms with Gasteiger partial charge in [-0.05, 0) is 67.3 Å². The van der Waals surface area contributed by atoms with E-state index in [4.69, 9.17) is 14.2 Å². The van der Waals surface area contributed by atoms with Crippen LogP contribution in [0, 0.1) is 20.8 Å². The molecule has 0 amide bonds. The van der Waals surface area contributed by atoms with Crippen LogP contribution < -0.4 is 14.2 Å². The Kier molecular flexibility index (Phi) is 6.16. The van der Waals surface area contributed by atoms with Gasteiger partial charge in [0.1, 0.15) is 17.2 Å². The molecule has 0 radical (unpaired) electrons. The molecule has 0 fully saturated rings. The zero-order valence-corrected chi connectivity index (χ0v) is 18.4. The van der Waals surface area contributed by atoms with Crippen LogP contribution in [0.2, 0.25) is 0 Å². The summed E-state index contributed by atoms with van der Waals surface area (Å²) in [5.41, 5.74) is 5.15. The minimum atomic E-state index is -0.750. The lowest BCUT2D eigenvalue weighted by atomic mass is 9.77. The van der Waals surface area contributed by atoms with Crippen molar-refractivity contribution < 1.29 is 19.0 Å². The lowest BCUT2D eigenvalue weighted by molar-refractivity contribution is 0.151. The number of rotatable bonds is 5. The zero-order valence-electron chi connectivity index (χ0n) is 18.4. The van der Waals surface area contributed by atoms with E-state index in [9.17, 15) is 4.79 Å². The summed E-state index contributed by atoms with van der Waals surface area (Å²) in [6, 6.07) is 19.3. The molecule has 30 heavy (non-hydrogen) atoms. The Morgan fingerprint density at radius 1 is 0.733 bits per heavy atom. The molecule has 0 spiro atoms. The van der Waals surface area contributed by atoms with Crippen LogP contribution in [-0.2, 0) is 5.41 Å². The largest absolute Gasteiger partial charge is 0.519 e. The van der Waals surface area contributed by atoms with E-state index < -0.39 is 6.16 Å². The highest BCUT2D eigenvalue weighted by atomic mass is 16.7. The first kappa shape index (κ1) is 21.4. The van der Waals surface area contributed by atoms with Crippen molar-refractivity contribution >= 4 is 6.16 Å². The SMILES string of the molecule is COc1ccc(C(C)(C)c2ccc(OC(=O)Oc3ccc(C)cc3)c(C)c2)cc1C. The second-order valence-corrected chi connectivity index (χ2v) is 8.06. The number of carbonyl (C=O) groups is 1. The third-order valence-electron chi connectivity index (χ3n) is 5.43. The van der Waals surface area contributed by atoms with E-state index in [0.717, 1.165) is 28.0 Å². The van der Waals surface area contributed by atoms with E-state index in [1.165, 1.54) is 5.56 Å². The molecule has 0 aliphatic carbocycles. The lowest BCUT2D eigenvalue weighted by Gasteiger charge is -2.27. The van der Waals surface area contributed by atoms with Crippen molar-refractivity contribution in [1.29, 1.82) is 0 Å². The highest BCUT2D eigenvalue weighted by molar-refractivity contribution is 5.67. The highest BCUT2D eigenvalue weighted by Gasteiger charge is 2.25. The van der Waals surface area contributed by atoms with E-state index in [1.54, 1.807) is 19.2 Å². The van der Waals surface area contributed by atoms with Crippen molar-refractivity contribution in [3.8, 4) is 17.2 Å². The van der Waals surface area contributed by atoms with E-state index >= 15 is 0 Å². The van der Waals surface area contributed by atoms with Gasteiger partial charge in [-0.15, -0.1) is 0 Å². The number of benzene rings is 3. The van der Waals surface area contributed by atoms with Gasteiger partial charge in [-0.3, -0.25) is 0 Å². The van der Waals surface area contributed by atoms with E-state index in [-0.39, 0.29) is 5.41 Å². The average molecular weight is 405 g/mol. The topological polar surface area (TPSA) is 44.8 Å². The van der Waals surface area contributed by atoms with Crippen molar-refractivity contribution in [2.24, 2.45) is 0 Å². The first-order chi connectivity index (χ1) is 14.2. The summed E-state index contributed by atoms with van der Waals surface area (Å²) in [4.78, 5) is 12.2. The van der Waals surface area contributed by atoms with Crippen molar-refractivity contribution in [2.75, 3.05) is 7.11 Å². The fourth-order valence-electron chi connectivity index (χ4n) is 3.40. The van der Waals surface area contributed by atoms with Crippen LogP contribution in [0.25, 0.3) is 0 Å². The molecule has 0 unspecified atom stereocenters. The molecule has 4 nitrogen and oxygen atoms in total. The summed E-state index contributed by atoms with van der Waals surface area (Å²) >= 11 is 0. The zero-order chi connectivity index (χ0) is 21.9. The Balaban J connectivity index is 1.77. The Morgan fingerprint density at radius 3 is 1.77 bits per heavy atom. The molecule has 156 valence electrons. The second-order valence-electron chi connectivity index (χ2n) is 8.06. The third kappa shape index (κ3) is 4.65. The number of ether oxygens (including phenoxy) is 3. The first-order valence-corrected chi connectivity index (χ1v) is 9.93. The molecule has 0 aromatic heterocycles. The number of hydrogen-bond acceptors (Lipinski definition) is 4. The van der Waals surface area contributed by atoms with Gasteiger partial charge in [0.2, 0.25) is 0 Å². The molecule has 0 atom stereocenters. The molecule has 0 bridgehead atoms. The number of hydrogen-bond donors (Lipinski definition) is 0. The van der Waals surface area contributed by atoms with E-state index in [1.807, 2.05) is 57.2 Å². The predicted octanol–water partition coefficient (Wildman–Crippen LogP) is 6.52. The fourth-order valence-corrected chi connectivity index (χ4v) is 3.40. The van der Waals surface area contributed by atoms with Gasteiger partial charge in [0.15, 0.2) is 0 Å². The third-order valence-corrected chi connectivity index (χ3v) is 5.43. The van der Waals surface area contributed by atoms with Crippen LogP contribution in [0.3, 0.4) is 0 Å². The van der Waals surface area contributed by atoms with Crippen LogP contribution in [0.15, 0.2) is 60.7 Å². The molecule has 0 saturated carbocycles. The standard InChI is InChI=1S/C26H28O4/c1-17-7-11-22(12-8-17)29-25(27)30-24-14-10-21(16-19(24)3)26(4,5)20-9-13-23(28-6)18(2)15-20/h7-16H,1-6H3. The van der Waals surface area contributed by atoms with Crippen LogP contribution >= 0.6 is 0 Å². The molecule has 0 heterocycles. The minimum absolute atomic E-state index is 0.220. The molecule has 0 N–H and O–H groups in total. The maximum absolute atomic E-state index is 12.2. The average Bonchev–Trinajstić information content (AvgIpc) is 2.71. The smallest absolute Gasteiger partial charge is 0.496 e. The molecule has 3 aromatic rings. The van der Waals surface area contributed by atoms with Gasteiger partial charge in [0.05, 0.1) is 7.11 Å². The van der Waals surface area contributed by atoms with E-state index in [0.29, 0.717) is 11.5 Å². The Morgan fingerprint density at radius 2 is 1.27 bits per heavy atom. The predicted molar refractivity (Wildman–Crippen MR) is 119 cm³/mol. The van der Waals surface area contributed by atoms with Gasteiger partial charge >= 0.3 is 6.16 Å². The highest BCUT2D eigenvalue weighted by Crippen LogP contribution is 2.35. The van der Waals surface area contributed by atoms with Crippen molar-refractivity contribution in [3.63, 3.8) is 0 Å². The number of methoxy groups -OCH3 is 1. The summed E-state index contributed by atoms with van der Waals surface area (Å²) in [5.74, 6) is 1.81. The molecular formula is C26H28O4. The molecule has 0 aliphatic rings. The van der Waals surface area contributed by atoms with Gasteiger partial charge < -0.3 is 14.2 Å². The van der Waals surface area contributed by atoms with Crippen LogP contribution in [0.1, 0.15) is 41.7 Å². The first-order valence-electron chi connectivity index (χ1n) is 9.93.